The SMILES string of the molecule is CCc1cccc(OCC(=O)N(CC(=O)OC)C(C)C)c1. The number of nitrogens with zero attached hydrogens (tertiary/aromatic N) is 1. The maximum absolute atomic E-state index is 12.2. The number of amides is 1. The molecule has 0 spiro atoms. The van der Waals surface area contributed by atoms with Gasteiger partial charge in [0.15, 0.2) is 6.61 Å². The van der Waals surface area contributed by atoms with E-state index in [9.17, 15) is 9.59 Å². The van der Waals surface area contributed by atoms with E-state index in [4.69, 9.17) is 4.74 Å². The van der Waals surface area contributed by atoms with Gasteiger partial charge in [-0.05, 0) is 38.0 Å². The van der Waals surface area contributed by atoms with Gasteiger partial charge >= 0.3 is 5.97 Å². The highest BCUT2D eigenvalue weighted by Gasteiger charge is 2.20. The molecule has 0 heterocycles. The Morgan fingerprint density at radius 3 is 2.57 bits per heavy atom. The van der Waals surface area contributed by atoms with Gasteiger partial charge in [0.2, 0.25) is 0 Å². The van der Waals surface area contributed by atoms with E-state index in [-0.39, 0.29) is 25.1 Å². The van der Waals surface area contributed by atoms with Crippen LogP contribution in [0.25, 0.3) is 0 Å². The fourth-order valence-corrected chi connectivity index (χ4v) is 1.85. The van der Waals surface area contributed by atoms with Crippen molar-refractivity contribution in [1.82, 2.24) is 4.90 Å². The first-order valence-electron chi connectivity index (χ1n) is 7.06. The zero-order valence-corrected chi connectivity index (χ0v) is 13.1. The van der Waals surface area contributed by atoms with Gasteiger partial charge in [0.1, 0.15) is 12.3 Å². The minimum Gasteiger partial charge on any atom is -0.484 e. The summed E-state index contributed by atoms with van der Waals surface area (Å²) in [6.45, 7) is 5.59. The van der Waals surface area contributed by atoms with Crippen molar-refractivity contribution < 1.29 is 19.1 Å². The maximum Gasteiger partial charge on any atom is 0.325 e. The highest BCUT2D eigenvalue weighted by molar-refractivity contribution is 5.83. The summed E-state index contributed by atoms with van der Waals surface area (Å²) in [5.74, 6) is -0.0215. The van der Waals surface area contributed by atoms with E-state index in [1.54, 1.807) is 0 Å². The third-order valence-electron chi connectivity index (χ3n) is 3.14. The highest BCUT2D eigenvalue weighted by Crippen LogP contribution is 2.14. The number of benzene rings is 1. The zero-order chi connectivity index (χ0) is 15.8. The number of ether oxygens (including phenoxy) is 2. The smallest absolute Gasteiger partial charge is 0.325 e. The number of aryl methyl sites for hydroxylation is 1. The maximum atomic E-state index is 12.2. The van der Waals surface area contributed by atoms with Crippen LogP contribution in [0.5, 0.6) is 5.75 Å². The Hall–Kier alpha value is -2.04. The molecule has 0 radical (unpaired) electrons. The van der Waals surface area contributed by atoms with Gasteiger partial charge in [0, 0.05) is 6.04 Å². The van der Waals surface area contributed by atoms with Crippen LogP contribution in [0.1, 0.15) is 26.3 Å². The first-order valence-corrected chi connectivity index (χ1v) is 7.06. The molecule has 5 nitrogen and oxygen atoms in total. The summed E-state index contributed by atoms with van der Waals surface area (Å²) >= 11 is 0. The lowest BCUT2D eigenvalue weighted by Crippen LogP contribution is -2.43. The summed E-state index contributed by atoms with van der Waals surface area (Å²) < 4.78 is 10.1. The van der Waals surface area contributed by atoms with E-state index in [1.165, 1.54) is 12.0 Å². The standard InChI is InChI=1S/C16H23NO4/c1-5-13-7-6-8-14(9-13)21-11-15(18)17(12(2)3)10-16(19)20-4/h6-9,12H,5,10-11H2,1-4H3. The summed E-state index contributed by atoms with van der Waals surface area (Å²) in [5.41, 5.74) is 1.15. The van der Waals surface area contributed by atoms with Gasteiger partial charge in [-0.1, -0.05) is 19.1 Å². The van der Waals surface area contributed by atoms with E-state index in [0.717, 1.165) is 12.0 Å². The number of esters is 1. The van der Waals surface area contributed by atoms with E-state index in [0.29, 0.717) is 5.75 Å². The average Bonchev–Trinajstić information content (AvgIpc) is 2.49. The van der Waals surface area contributed by atoms with Crippen LogP contribution in [0.2, 0.25) is 0 Å². The zero-order valence-electron chi connectivity index (χ0n) is 13.1. The molecule has 0 bridgehead atoms. The summed E-state index contributed by atoms with van der Waals surface area (Å²) in [6, 6.07) is 7.53. The van der Waals surface area contributed by atoms with Crippen LogP contribution in [0.4, 0.5) is 0 Å². The monoisotopic (exact) mass is 293 g/mol. The molecule has 0 fully saturated rings. The Labute approximate surface area is 125 Å². The molecule has 1 aromatic rings. The molecule has 0 aromatic heterocycles. The molecular formula is C16H23NO4. The lowest BCUT2D eigenvalue weighted by molar-refractivity contribution is -0.149. The molecule has 0 unspecified atom stereocenters. The lowest BCUT2D eigenvalue weighted by Gasteiger charge is -2.25. The van der Waals surface area contributed by atoms with Gasteiger partial charge in [0.25, 0.3) is 5.91 Å². The molecule has 0 saturated carbocycles. The quantitative estimate of drug-likeness (QED) is 0.722. The number of methoxy groups -OCH3 is 1. The van der Waals surface area contributed by atoms with Crippen LogP contribution in [0, 0.1) is 0 Å². The molecule has 1 amide bonds. The molecular weight excluding hydrogens is 270 g/mol. The predicted molar refractivity (Wildman–Crippen MR) is 80.2 cm³/mol. The summed E-state index contributed by atoms with van der Waals surface area (Å²) in [6.07, 6.45) is 0.908. The van der Waals surface area contributed by atoms with Crippen molar-refractivity contribution in [2.24, 2.45) is 0 Å². The Kier molecular flexibility index (Phi) is 6.72. The minimum absolute atomic E-state index is 0.0641. The van der Waals surface area contributed by atoms with Crippen LogP contribution in [0.15, 0.2) is 24.3 Å². The second kappa shape index (κ2) is 8.29. The van der Waals surface area contributed by atoms with Gasteiger partial charge < -0.3 is 14.4 Å². The molecule has 0 aliphatic rings. The van der Waals surface area contributed by atoms with Crippen LogP contribution >= 0.6 is 0 Å². The van der Waals surface area contributed by atoms with Crippen molar-refractivity contribution in [3.8, 4) is 5.75 Å². The second-order valence-corrected chi connectivity index (χ2v) is 4.98. The van der Waals surface area contributed by atoms with Crippen molar-refractivity contribution in [2.45, 2.75) is 33.2 Å². The first-order chi connectivity index (χ1) is 9.97. The highest BCUT2D eigenvalue weighted by atomic mass is 16.5. The molecule has 21 heavy (non-hydrogen) atoms. The lowest BCUT2D eigenvalue weighted by atomic mass is 10.2. The summed E-state index contributed by atoms with van der Waals surface area (Å²) in [5, 5.41) is 0. The molecule has 5 heteroatoms. The minimum atomic E-state index is -0.440. The third kappa shape index (κ3) is 5.45. The Morgan fingerprint density at radius 2 is 2.00 bits per heavy atom. The second-order valence-electron chi connectivity index (χ2n) is 4.98. The molecule has 0 atom stereocenters. The third-order valence-corrected chi connectivity index (χ3v) is 3.14. The Morgan fingerprint density at radius 1 is 1.29 bits per heavy atom. The van der Waals surface area contributed by atoms with Gasteiger partial charge in [-0.2, -0.15) is 0 Å². The normalized spacial score (nSPS) is 10.3. The molecule has 0 saturated heterocycles. The number of hydrogen-bond donors (Lipinski definition) is 0. The van der Waals surface area contributed by atoms with Crippen molar-refractivity contribution in [1.29, 1.82) is 0 Å². The summed E-state index contributed by atoms with van der Waals surface area (Å²) in [7, 11) is 1.30. The van der Waals surface area contributed by atoms with E-state index < -0.39 is 5.97 Å². The van der Waals surface area contributed by atoms with E-state index in [1.807, 2.05) is 38.1 Å². The van der Waals surface area contributed by atoms with Crippen molar-refractivity contribution in [3.05, 3.63) is 29.8 Å². The van der Waals surface area contributed by atoms with Gasteiger partial charge in [0.05, 0.1) is 7.11 Å². The van der Waals surface area contributed by atoms with Gasteiger partial charge in [-0.25, -0.2) is 0 Å². The topological polar surface area (TPSA) is 55.8 Å². The number of carbonyl (C=O) groups is 2. The van der Waals surface area contributed by atoms with E-state index in [2.05, 4.69) is 11.7 Å². The molecule has 0 N–H and O–H groups in total. The van der Waals surface area contributed by atoms with Crippen LogP contribution in [-0.4, -0.2) is 43.1 Å². The predicted octanol–water partition coefficient (Wildman–Crippen LogP) is 2.04. The Bertz CT molecular complexity index is 485. The van der Waals surface area contributed by atoms with Crippen molar-refractivity contribution >= 4 is 11.9 Å². The van der Waals surface area contributed by atoms with Crippen molar-refractivity contribution in [2.75, 3.05) is 20.3 Å². The fraction of sp³-hybridized carbons (Fsp3) is 0.500. The average molecular weight is 293 g/mol. The van der Waals surface area contributed by atoms with E-state index >= 15 is 0 Å². The fourth-order valence-electron chi connectivity index (χ4n) is 1.85. The Balaban J connectivity index is 2.62. The molecule has 0 aliphatic heterocycles. The summed E-state index contributed by atoms with van der Waals surface area (Å²) in [4.78, 5) is 24.9. The number of rotatable bonds is 7. The van der Waals surface area contributed by atoms with Crippen LogP contribution in [-0.2, 0) is 20.7 Å². The number of carbonyl (C=O) groups excluding carboxylic acids is 2. The van der Waals surface area contributed by atoms with Crippen LogP contribution < -0.4 is 4.74 Å². The molecule has 116 valence electrons. The first kappa shape index (κ1) is 17.0. The van der Waals surface area contributed by atoms with Crippen molar-refractivity contribution in [3.63, 3.8) is 0 Å². The molecule has 0 aliphatic carbocycles. The molecule has 1 aromatic carbocycles. The van der Waals surface area contributed by atoms with Crippen LogP contribution in [0.3, 0.4) is 0 Å². The van der Waals surface area contributed by atoms with Gasteiger partial charge in [-0.15, -0.1) is 0 Å². The molecule has 1 rings (SSSR count). The number of hydrogen-bond acceptors (Lipinski definition) is 4. The van der Waals surface area contributed by atoms with Gasteiger partial charge in [-0.3, -0.25) is 9.59 Å². The largest absolute Gasteiger partial charge is 0.484 e.